The van der Waals surface area contributed by atoms with E-state index in [1.165, 1.54) is 17.8 Å². The average molecular weight is 429 g/mol. The number of rotatable bonds is 6. The molecule has 8 heteroatoms. The summed E-state index contributed by atoms with van der Waals surface area (Å²) in [6.07, 6.45) is 0. The first-order valence-corrected chi connectivity index (χ1v) is 10.1. The standard InChI is InChI=1S/C17H22BrFN4OS/c1-12(2)10-23-16(22-5-7-24-8-6-22)20-21-17(23)25-11-13-9-14(18)3-4-15(13)19/h3-4,9,12H,5-8,10-11H2,1-2H3. The quantitative estimate of drug-likeness (QED) is 0.651. The first kappa shape index (κ1) is 18.7. The molecule has 0 aliphatic carbocycles. The average Bonchev–Trinajstić information content (AvgIpc) is 2.98. The number of anilines is 1. The van der Waals surface area contributed by atoms with Crippen LogP contribution < -0.4 is 4.90 Å². The molecule has 1 saturated heterocycles. The molecule has 0 atom stereocenters. The summed E-state index contributed by atoms with van der Waals surface area (Å²) in [5.41, 5.74) is 0.659. The largest absolute Gasteiger partial charge is 0.378 e. The van der Waals surface area contributed by atoms with Gasteiger partial charge in [-0.25, -0.2) is 4.39 Å². The molecule has 2 heterocycles. The molecule has 0 N–H and O–H groups in total. The lowest BCUT2D eigenvalue weighted by atomic mass is 10.2. The van der Waals surface area contributed by atoms with Gasteiger partial charge in [0, 0.05) is 29.9 Å². The Kier molecular flexibility index (Phi) is 6.35. The molecule has 0 spiro atoms. The van der Waals surface area contributed by atoms with Gasteiger partial charge in [0.25, 0.3) is 0 Å². The molecule has 1 aliphatic rings. The van der Waals surface area contributed by atoms with Crippen molar-refractivity contribution in [3.63, 3.8) is 0 Å². The van der Waals surface area contributed by atoms with Gasteiger partial charge in [-0.3, -0.25) is 4.57 Å². The summed E-state index contributed by atoms with van der Waals surface area (Å²) >= 11 is 4.92. The molecule has 136 valence electrons. The smallest absolute Gasteiger partial charge is 0.228 e. The summed E-state index contributed by atoms with van der Waals surface area (Å²) in [4.78, 5) is 2.21. The van der Waals surface area contributed by atoms with E-state index in [9.17, 15) is 4.39 Å². The normalized spacial score (nSPS) is 15.2. The summed E-state index contributed by atoms with van der Waals surface area (Å²) in [6.45, 7) is 8.24. The highest BCUT2D eigenvalue weighted by atomic mass is 79.9. The minimum atomic E-state index is -0.195. The van der Waals surface area contributed by atoms with Crippen molar-refractivity contribution in [2.45, 2.75) is 31.3 Å². The molecule has 0 unspecified atom stereocenters. The topological polar surface area (TPSA) is 43.2 Å². The number of aromatic nitrogens is 3. The van der Waals surface area contributed by atoms with Crippen molar-refractivity contribution in [1.82, 2.24) is 14.8 Å². The monoisotopic (exact) mass is 428 g/mol. The van der Waals surface area contributed by atoms with Gasteiger partial charge in [-0.1, -0.05) is 41.5 Å². The van der Waals surface area contributed by atoms with Crippen LogP contribution in [-0.2, 0) is 17.0 Å². The Morgan fingerprint density at radius 2 is 2.04 bits per heavy atom. The lowest BCUT2D eigenvalue weighted by molar-refractivity contribution is 0.121. The van der Waals surface area contributed by atoms with Crippen molar-refractivity contribution in [3.8, 4) is 0 Å². The number of hydrogen-bond acceptors (Lipinski definition) is 5. The van der Waals surface area contributed by atoms with Crippen LogP contribution in [0.15, 0.2) is 27.8 Å². The van der Waals surface area contributed by atoms with Gasteiger partial charge in [-0.05, 0) is 29.7 Å². The van der Waals surface area contributed by atoms with Crippen LogP contribution >= 0.6 is 27.7 Å². The van der Waals surface area contributed by atoms with E-state index in [1.54, 1.807) is 6.07 Å². The molecule has 0 radical (unpaired) electrons. The van der Waals surface area contributed by atoms with Crippen molar-refractivity contribution in [2.24, 2.45) is 5.92 Å². The van der Waals surface area contributed by atoms with Crippen molar-refractivity contribution < 1.29 is 9.13 Å². The van der Waals surface area contributed by atoms with Crippen LogP contribution in [0.2, 0.25) is 0 Å². The van der Waals surface area contributed by atoms with Crippen LogP contribution in [0.4, 0.5) is 10.3 Å². The molecule has 2 aromatic rings. The van der Waals surface area contributed by atoms with Gasteiger partial charge < -0.3 is 9.64 Å². The zero-order valence-electron chi connectivity index (χ0n) is 14.4. The molecule has 5 nitrogen and oxygen atoms in total. The van der Waals surface area contributed by atoms with E-state index in [2.05, 4.69) is 49.4 Å². The first-order chi connectivity index (χ1) is 12.0. The fourth-order valence-corrected chi connectivity index (χ4v) is 4.03. The number of morpholine rings is 1. The van der Waals surface area contributed by atoms with E-state index in [1.807, 2.05) is 6.07 Å². The summed E-state index contributed by atoms with van der Waals surface area (Å²) in [5.74, 6) is 1.68. The Balaban J connectivity index is 1.80. The number of thioether (sulfide) groups is 1. The van der Waals surface area contributed by atoms with E-state index in [0.717, 1.165) is 35.2 Å². The highest BCUT2D eigenvalue weighted by Crippen LogP contribution is 2.28. The van der Waals surface area contributed by atoms with Gasteiger partial charge in [0.1, 0.15) is 5.82 Å². The summed E-state index contributed by atoms with van der Waals surface area (Å²) < 4.78 is 22.4. The Labute approximate surface area is 160 Å². The van der Waals surface area contributed by atoms with Gasteiger partial charge >= 0.3 is 0 Å². The lowest BCUT2D eigenvalue weighted by Crippen LogP contribution is -2.38. The maximum atomic E-state index is 14.0. The molecule has 3 rings (SSSR count). The molecule has 0 saturated carbocycles. The van der Waals surface area contributed by atoms with Gasteiger partial charge in [0.15, 0.2) is 5.16 Å². The third-order valence-electron chi connectivity index (χ3n) is 3.90. The number of ether oxygens (including phenoxy) is 1. The molecule has 0 bridgehead atoms. The van der Waals surface area contributed by atoms with Crippen LogP contribution in [0.3, 0.4) is 0 Å². The lowest BCUT2D eigenvalue weighted by Gasteiger charge is -2.28. The Hall–Kier alpha value is -1.12. The van der Waals surface area contributed by atoms with E-state index in [4.69, 9.17) is 4.74 Å². The van der Waals surface area contributed by atoms with E-state index in [-0.39, 0.29) is 5.82 Å². The Morgan fingerprint density at radius 1 is 1.28 bits per heavy atom. The summed E-state index contributed by atoms with van der Waals surface area (Å²) in [7, 11) is 0. The minimum Gasteiger partial charge on any atom is -0.378 e. The van der Waals surface area contributed by atoms with Crippen LogP contribution in [0, 0.1) is 11.7 Å². The predicted octanol–water partition coefficient (Wildman–Crippen LogP) is 3.96. The molecule has 1 fully saturated rings. The highest BCUT2D eigenvalue weighted by molar-refractivity contribution is 9.10. The van der Waals surface area contributed by atoms with E-state index < -0.39 is 0 Å². The van der Waals surface area contributed by atoms with Gasteiger partial charge in [-0.15, -0.1) is 10.2 Å². The minimum absolute atomic E-state index is 0.195. The highest BCUT2D eigenvalue weighted by Gasteiger charge is 2.21. The summed E-state index contributed by atoms with van der Waals surface area (Å²) in [5, 5.41) is 9.60. The Bertz CT molecular complexity index is 719. The zero-order valence-corrected chi connectivity index (χ0v) is 16.8. The maximum absolute atomic E-state index is 14.0. The van der Waals surface area contributed by atoms with E-state index >= 15 is 0 Å². The van der Waals surface area contributed by atoms with E-state index in [0.29, 0.717) is 30.4 Å². The van der Waals surface area contributed by atoms with Gasteiger partial charge in [-0.2, -0.15) is 0 Å². The fourth-order valence-electron chi connectivity index (χ4n) is 2.71. The molecule has 25 heavy (non-hydrogen) atoms. The first-order valence-electron chi connectivity index (χ1n) is 8.37. The Morgan fingerprint density at radius 3 is 2.76 bits per heavy atom. The molecule has 0 amide bonds. The van der Waals surface area contributed by atoms with Gasteiger partial charge in [0.2, 0.25) is 5.95 Å². The van der Waals surface area contributed by atoms with Crippen LogP contribution in [0.25, 0.3) is 0 Å². The number of nitrogens with zero attached hydrogens (tertiary/aromatic N) is 4. The van der Waals surface area contributed by atoms with Crippen molar-refractivity contribution in [2.75, 3.05) is 31.2 Å². The molecule has 1 aromatic carbocycles. The van der Waals surface area contributed by atoms with Crippen molar-refractivity contribution in [1.29, 1.82) is 0 Å². The number of halogens is 2. The van der Waals surface area contributed by atoms with Crippen LogP contribution in [0.5, 0.6) is 0 Å². The second-order valence-corrected chi connectivity index (χ2v) is 8.27. The molecule has 1 aliphatic heterocycles. The summed E-state index contributed by atoms with van der Waals surface area (Å²) in [6, 6.07) is 5.01. The van der Waals surface area contributed by atoms with Gasteiger partial charge in [0.05, 0.1) is 13.2 Å². The molecular formula is C17H22BrFN4OS. The van der Waals surface area contributed by atoms with Crippen LogP contribution in [-0.4, -0.2) is 41.1 Å². The fraction of sp³-hybridized carbons (Fsp3) is 0.529. The SMILES string of the molecule is CC(C)Cn1c(SCc2cc(Br)ccc2F)nnc1N1CCOCC1. The number of hydrogen-bond donors (Lipinski definition) is 0. The third-order valence-corrected chi connectivity index (χ3v) is 5.41. The van der Waals surface area contributed by atoms with Crippen molar-refractivity contribution >= 4 is 33.6 Å². The third kappa shape index (κ3) is 4.74. The van der Waals surface area contributed by atoms with Crippen molar-refractivity contribution in [3.05, 3.63) is 34.1 Å². The molecular weight excluding hydrogens is 407 g/mol. The molecule has 1 aromatic heterocycles. The maximum Gasteiger partial charge on any atom is 0.228 e. The zero-order chi connectivity index (χ0) is 17.8. The second-order valence-electron chi connectivity index (χ2n) is 6.41. The predicted molar refractivity (Wildman–Crippen MR) is 102 cm³/mol. The number of benzene rings is 1. The second kappa shape index (κ2) is 8.51. The van der Waals surface area contributed by atoms with Crippen LogP contribution in [0.1, 0.15) is 19.4 Å².